The molecule has 0 fully saturated rings. The van der Waals surface area contributed by atoms with Crippen molar-refractivity contribution >= 4 is 104 Å². The Morgan fingerprint density at radius 1 is 0.178 bits per heavy atom. The molecular weight excluding hydrogens is 1090 g/mol. The van der Waals surface area contributed by atoms with Gasteiger partial charge >= 0.3 is 0 Å². The van der Waals surface area contributed by atoms with Crippen LogP contribution in [-0.4, -0.2) is 13.7 Å². The zero-order valence-electron chi connectivity index (χ0n) is 49.1. The van der Waals surface area contributed by atoms with E-state index in [1.807, 2.05) is 0 Å². The summed E-state index contributed by atoms with van der Waals surface area (Å²) in [6, 6.07) is 125. The van der Waals surface area contributed by atoms with Crippen LogP contribution < -0.4 is 4.90 Å². The van der Waals surface area contributed by atoms with E-state index in [1.54, 1.807) is 0 Å². The molecular formula is C86H56N4. The van der Waals surface area contributed by atoms with E-state index in [0.717, 1.165) is 56.0 Å². The molecule has 0 aliphatic carbocycles. The highest BCUT2D eigenvalue weighted by Crippen LogP contribution is 2.48. The summed E-state index contributed by atoms with van der Waals surface area (Å²) in [5.74, 6) is 0. The lowest BCUT2D eigenvalue weighted by atomic mass is 9.93. The number of nitrogens with zero attached hydrogens (tertiary/aromatic N) is 4. The van der Waals surface area contributed by atoms with Gasteiger partial charge < -0.3 is 18.6 Å². The van der Waals surface area contributed by atoms with Gasteiger partial charge in [0.1, 0.15) is 0 Å². The summed E-state index contributed by atoms with van der Waals surface area (Å²) in [5, 5.41) is 12.1. The normalized spacial score (nSPS) is 11.8. The third-order valence-corrected chi connectivity index (χ3v) is 18.6. The highest BCUT2D eigenvalue weighted by molar-refractivity contribution is 6.16. The first-order valence-corrected chi connectivity index (χ1v) is 31.0. The number of aromatic nitrogens is 3. The van der Waals surface area contributed by atoms with Crippen molar-refractivity contribution in [3.63, 3.8) is 0 Å². The van der Waals surface area contributed by atoms with Crippen LogP contribution in [-0.2, 0) is 0 Å². The van der Waals surface area contributed by atoms with E-state index >= 15 is 0 Å². The fraction of sp³-hybridized carbons (Fsp3) is 0. The number of rotatable bonds is 10. The topological polar surface area (TPSA) is 18.0 Å². The first-order valence-electron chi connectivity index (χ1n) is 31.0. The van der Waals surface area contributed by atoms with E-state index in [-0.39, 0.29) is 0 Å². The minimum atomic E-state index is 1.07. The monoisotopic (exact) mass is 1140 g/mol. The Hall–Kier alpha value is -12.0. The van der Waals surface area contributed by atoms with Crippen LogP contribution in [0, 0.1) is 0 Å². The average molecular weight is 1150 g/mol. The molecule has 0 aliphatic rings. The number of anilines is 3. The Morgan fingerprint density at radius 2 is 0.489 bits per heavy atom. The first kappa shape index (κ1) is 51.3. The Labute approximate surface area is 520 Å². The predicted molar refractivity (Wildman–Crippen MR) is 381 cm³/mol. The maximum atomic E-state index is 2.49. The molecule has 18 rings (SSSR count). The lowest BCUT2D eigenvalue weighted by Crippen LogP contribution is -2.11. The smallest absolute Gasteiger partial charge is 0.0547 e. The molecule has 15 aromatic carbocycles. The van der Waals surface area contributed by atoms with E-state index in [0.29, 0.717) is 0 Å². The van der Waals surface area contributed by atoms with Gasteiger partial charge in [-0.3, -0.25) is 0 Å². The van der Waals surface area contributed by atoms with Crippen molar-refractivity contribution in [1.82, 2.24) is 13.7 Å². The summed E-state index contributed by atoms with van der Waals surface area (Å²) < 4.78 is 7.17. The summed E-state index contributed by atoms with van der Waals surface area (Å²) in [5.41, 5.74) is 23.3. The lowest BCUT2D eigenvalue weighted by Gasteiger charge is -2.29. The summed E-state index contributed by atoms with van der Waals surface area (Å²) in [6.07, 6.45) is 0. The summed E-state index contributed by atoms with van der Waals surface area (Å²) in [4.78, 5) is 2.49. The first-order chi connectivity index (χ1) is 44.7. The van der Waals surface area contributed by atoms with Gasteiger partial charge in [0, 0.05) is 65.8 Å². The Morgan fingerprint density at radius 3 is 0.933 bits per heavy atom. The van der Waals surface area contributed by atoms with Crippen LogP contribution in [0.5, 0.6) is 0 Å². The van der Waals surface area contributed by atoms with Gasteiger partial charge in [-0.2, -0.15) is 0 Å². The molecule has 0 aliphatic heterocycles. The molecule has 0 radical (unpaired) electrons. The van der Waals surface area contributed by atoms with E-state index in [1.165, 1.54) is 110 Å². The fourth-order valence-corrected chi connectivity index (χ4v) is 14.5. The summed E-state index contributed by atoms with van der Waals surface area (Å²) >= 11 is 0. The van der Waals surface area contributed by atoms with Gasteiger partial charge in [-0.05, 0) is 164 Å². The van der Waals surface area contributed by atoms with Crippen LogP contribution in [0.1, 0.15) is 0 Å². The molecule has 3 aromatic heterocycles. The second kappa shape index (κ2) is 20.9. The Bertz CT molecular complexity index is 5580. The minimum Gasteiger partial charge on any atom is -0.309 e. The van der Waals surface area contributed by atoms with E-state index in [9.17, 15) is 0 Å². The number of fused-ring (bicyclic) bond motifs is 11. The van der Waals surface area contributed by atoms with E-state index in [2.05, 4.69) is 358 Å². The standard InChI is InChI=1S/C86H56N4/c1-4-20-63(21-5-1)87-80-34-18-15-31-74(80)77-54-61(43-50-84(77)87)67-48-52-82(71-28-12-10-26-69(67)71)89(83-53-49-68(70-27-11-13-29-72(70)83)62-44-51-85-78(55-62)75-32-16-19-35-81(75)88(85)64-22-6-2-7-23-64)66-45-40-58(41-46-66)57-36-38-59(39-37-57)60-42-47-76-73-30-14-17-33-79(73)90(86(76)56-60)65-24-8-3-9-25-65/h1-56H. The molecule has 420 valence electrons. The van der Waals surface area contributed by atoms with Crippen LogP contribution in [0.2, 0.25) is 0 Å². The van der Waals surface area contributed by atoms with Crippen LogP contribution in [0.3, 0.4) is 0 Å². The highest BCUT2D eigenvalue weighted by atomic mass is 15.1. The maximum absolute atomic E-state index is 2.49. The Balaban J connectivity index is 0.768. The van der Waals surface area contributed by atoms with Gasteiger partial charge in [0.2, 0.25) is 0 Å². The van der Waals surface area contributed by atoms with Crippen molar-refractivity contribution in [2.24, 2.45) is 0 Å². The second-order valence-electron chi connectivity index (χ2n) is 23.6. The Kier molecular flexibility index (Phi) is 11.9. The highest BCUT2D eigenvalue weighted by Gasteiger charge is 2.23. The lowest BCUT2D eigenvalue weighted by molar-refractivity contribution is 1.18. The zero-order valence-corrected chi connectivity index (χ0v) is 49.1. The molecule has 4 nitrogen and oxygen atoms in total. The SMILES string of the molecule is c1ccc(-n2c3ccccc3c3cc(-c4ccc(N(c5ccc(-c6ccc(-c7ccc8c9ccccc9n(-c9ccccc9)c8c7)cc6)cc5)c5ccc(-c6ccc7c(c6)c6ccccc6n7-c6ccccc6)c6ccccc56)c5ccccc45)ccc32)cc1. The van der Waals surface area contributed by atoms with Crippen LogP contribution >= 0.6 is 0 Å². The third kappa shape index (κ3) is 8.23. The predicted octanol–water partition coefficient (Wildman–Crippen LogP) is 23.4. The largest absolute Gasteiger partial charge is 0.309 e. The number of benzene rings is 15. The van der Waals surface area contributed by atoms with Gasteiger partial charge in [0.05, 0.1) is 44.5 Å². The van der Waals surface area contributed by atoms with Crippen molar-refractivity contribution in [2.75, 3.05) is 4.90 Å². The number of hydrogen-bond donors (Lipinski definition) is 0. The van der Waals surface area contributed by atoms with Gasteiger partial charge in [-0.15, -0.1) is 0 Å². The van der Waals surface area contributed by atoms with Crippen molar-refractivity contribution in [1.29, 1.82) is 0 Å². The summed E-state index contributed by atoms with van der Waals surface area (Å²) in [7, 11) is 0. The second-order valence-corrected chi connectivity index (χ2v) is 23.6. The maximum Gasteiger partial charge on any atom is 0.0547 e. The van der Waals surface area contributed by atoms with Gasteiger partial charge in [-0.1, -0.05) is 231 Å². The molecule has 0 spiro atoms. The van der Waals surface area contributed by atoms with Gasteiger partial charge in [0.25, 0.3) is 0 Å². The van der Waals surface area contributed by atoms with E-state index in [4.69, 9.17) is 0 Å². The molecule has 18 aromatic rings. The van der Waals surface area contributed by atoms with Crippen molar-refractivity contribution in [2.45, 2.75) is 0 Å². The molecule has 0 unspecified atom stereocenters. The van der Waals surface area contributed by atoms with Crippen molar-refractivity contribution in [3.8, 4) is 61.6 Å². The molecule has 0 N–H and O–H groups in total. The van der Waals surface area contributed by atoms with Crippen LogP contribution in [0.25, 0.3) is 149 Å². The van der Waals surface area contributed by atoms with Crippen molar-refractivity contribution in [3.05, 3.63) is 340 Å². The zero-order chi connectivity index (χ0) is 59.2. The minimum absolute atomic E-state index is 1.07. The molecule has 0 amide bonds. The molecule has 0 saturated carbocycles. The van der Waals surface area contributed by atoms with Gasteiger partial charge in [0.15, 0.2) is 0 Å². The summed E-state index contributed by atoms with van der Waals surface area (Å²) in [6.45, 7) is 0. The molecule has 0 bridgehead atoms. The molecule has 3 heterocycles. The molecule has 0 saturated heterocycles. The molecule has 4 heteroatoms. The third-order valence-electron chi connectivity index (χ3n) is 18.6. The van der Waals surface area contributed by atoms with Gasteiger partial charge in [-0.25, -0.2) is 0 Å². The molecule has 0 atom stereocenters. The number of para-hydroxylation sites is 6. The molecule has 90 heavy (non-hydrogen) atoms. The fourth-order valence-electron chi connectivity index (χ4n) is 14.5. The van der Waals surface area contributed by atoms with Crippen LogP contribution in [0.4, 0.5) is 17.1 Å². The quantitative estimate of drug-likeness (QED) is 0.133. The van der Waals surface area contributed by atoms with E-state index < -0.39 is 0 Å². The number of hydrogen-bond acceptors (Lipinski definition) is 1. The van der Waals surface area contributed by atoms with Crippen molar-refractivity contribution < 1.29 is 0 Å². The average Bonchev–Trinajstić information content (AvgIpc) is 1.71. The van der Waals surface area contributed by atoms with Crippen LogP contribution in [0.15, 0.2) is 340 Å².